The van der Waals surface area contributed by atoms with Crippen LogP contribution in [0.1, 0.15) is 0 Å². The Bertz CT molecular complexity index is 1020. The molecule has 0 atom stereocenters. The number of rotatable bonds is 3. The Hall–Kier alpha value is -3.56. The summed E-state index contributed by atoms with van der Waals surface area (Å²) < 4.78 is 3.08. The lowest BCUT2D eigenvalue weighted by atomic mass is 10.4. The number of pyridine rings is 1. The molecule has 0 bridgehead atoms. The van der Waals surface area contributed by atoms with Crippen LogP contribution in [0.25, 0.3) is 16.7 Å². The quantitative estimate of drug-likeness (QED) is 0.548. The number of carbonyl (C=O) groups excluding carboxylic acids is 1. The summed E-state index contributed by atoms with van der Waals surface area (Å²) in [5.74, 6) is -0.104. The molecule has 0 unspecified atom stereocenters. The summed E-state index contributed by atoms with van der Waals surface area (Å²) in [6.45, 7) is 0.0117. The van der Waals surface area contributed by atoms with Crippen molar-refractivity contribution >= 4 is 34.2 Å². The Balaban J connectivity index is 1.55. The van der Waals surface area contributed by atoms with E-state index in [-0.39, 0.29) is 18.4 Å². The molecule has 0 saturated carbocycles. The second-order valence-corrected chi connectivity index (χ2v) is 4.84. The van der Waals surface area contributed by atoms with Gasteiger partial charge in [0.1, 0.15) is 12.9 Å². The summed E-state index contributed by atoms with van der Waals surface area (Å²) in [5.41, 5.74) is 7.36. The molecule has 4 rings (SSSR count). The Labute approximate surface area is 129 Å². The van der Waals surface area contributed by atoms with Crippen molar-refractivity contribution in [2.24, 2.45) is 0 Å². The zero-order valence-corrected chi connectivity index (χ0v) is 11.8. The van der Waals surface area contributed by atoms with Gasteiger partial charge >= 0.3 is 0 Å². The number of fused-ring (bicyclic) bond motifs is 2. The highest BCUT2D eigenvalue weighted by Crippen LogP contribution is 2.12. The average molecular weight is 309 g/mol. The van der Waals surface area contributed by atoms with Crippen molar-refractivity contribution < 1.29 is 4.79 Å². The Morgan fingerprint density at radius 2 is 2.17 bits per heavy atom. The molecule has 10 nitrogen and oxygen atoms in total. The maximum atomic E-state index is 12.2. The molecule has 114 valence electrons. The molecule has 0 aliphatic carbocycles. The Morgan fingerprint density at radius 3 is 3.09 bits per heavy atom. The second-order valence-electron chi connectivity index (χ2n) is 4.84. The number of hydrogen-bond donors (Lipinski definition) is 2. The number of anilines is 2. The van der Waals surface area contributed by atoms with Crippen LogP contribution in [0.2, 0.25) is 0 Å². The van der Waals surface area contributed by atoms with Gasteiger partial charge in [0.2, 0.25) is 11.9 Å². The highest BCUT2D eigenvalue weighted by molar-refractivity contribution is 5.91. The van der Waals surface area contributed by atoms with Gasteiger partial charge in [-0.1, -0.05) is 0 Å². The van der Waals surface area contributed by atoms with Gasteiger partial charge in [-0.25, -0.2) is 19.2 Å². The predicted molar refractivity (Wildman–Crippen MR) is 81.4 cm³/mol. The van der Waals surface area contributed by atoms with E-state index >= 15 is 0 Å². The maximum absolute atomic E-state index is 12.2. The molecule has 4 aromatic heterocycles. The molecule has 4 aromatic rings. The normalized spacial score (nSPS) is 11.1. The first kappa shape index (κ1) is 13.1. The van der Waals surface area contributed by atoms with Gasteiger partial charge < -0.3 is 11.1 Å². The monoisotopic (exact) mass is 309 g/mol. The van der Waals surface area contributed by atoms with Crippen LogP contribution < -0.4 is 11.1 Å². The molecule has 0 aliphatic heterocycles. The van der Waals surface area contributed by atoms with Gasteiger partial charge in [0.25, 0.3) is 0 Å². The van der Waals surface area contributed by atoms with Crippen molar-refractivity contribution in [3.8, 4) is 0 Å². The van der Waals surface area contributed by atoms with E-state index in [1.54, 1.807) is 35.2 Å². The fraction of sp³-hybridized carbons (Fsp3) is 0.0769. The van der Waals surface area contributed by atoms with Crippen LogP contribution in [-0.4, -0.2) is 40.3 Å². The fourth-order valence-corrected chi connectivity index (χ4v) is 2.22. The van der Waals surface area contributed by atoms with Gasteiger partial charge in [-0.3, -0.25) is 4.79 Å². The smallest absolute Gasteiger partial charge is 0.246 e. The lowest BCUT2D eigenvalue weighted by Crippen LogP contribution is -2.20. The number of aromatic nitrogens is 7. The summed E-state index contributed by atoms with van der Waals surface area (Å²) in [5, 5.41) is 11.6. The van der Waals surface area contributed by atoms with Crippen LogP contribution >= 0.6 is 0 Å². The van der Waals surface area contributed by atoms with E-state index in [4.69, 9.17) is 5.73 Å². The van der Waals surface area contributed by atoms with Crippen molar-refractivity contribution in [3.05, 3.63) is 37.1 Å². The summed E-state index contributed by atoms with van der Waals surface area (Å²) >= 11 is 0. The molecule has 3 N–H and O–H groups in total. The first-order valence-electron chi connectivity index (χ1n) is 6.72. The van der Waals surface area contributed by atoms with E-state index in [9.17, 15) is 4.79 Å². The number of hydrogen-bond acceptors (Lipinski definition) is 7. The molecule has 0 spiro atoms. The predicted octanol–water partition coefficient (Wildman–Crippen LogP) is 0.0899. The number of nitrogens with two attached hydrogens (primary N) is 1. The summed E-state index contributed by atoms with van der Waals surface area (Å²) in [6, 6.07) is 3.47. The van der Waals surface area contributed by atoms with Crippen LogP contribution in [0.3, 0.4) is 0 Å². The lowest BCUT2D eigenvalue weighted by molar-refractivity contribution is -0.116. The zero-order chi connectivity index (χ0) is 15.8. The van der Waals surface area contributed by atoms with Crippen molar-refractivity contribution in [2.45, 2.75) is 6.54 Å². The topological polar surface area (TPSA) is 129 Å². The van der Waals surface area contributed by atoms with E-state index < -0.39 is 0 Å². The first-order chi connectivity index (χ1) is 11.2. The number of carbonyl (C=O) groups is 1. The third-order valence-corrected chi connectivity index (χ3v) is 3.25. The number of amides is 1. The number of nitrogens with zero attached hydrogens (tertiary/aromatic N) is 7. The van der Waals surface area contributed by atoms with Crippen molar-refractivity contribution in [3.63, 3.8) is 0 Å². The molecule has 0 fully saturated rings. The van der Waals surface area contributed by atoms with E-state index in [0.717, 1.165) is 5.39 Å². The molecule has 23 heavy (non-hydrogen) atoms. The van der Waals surface area contributed by atoms with E-state index in [1.165, 1.54) is 11.0 Å². The van der Waals surface area contributed by atoms with Crippen LogP contribution in [0.4, 0.5) is 11.6 Å². The van der Waals surface area contributed by atoms with Gasteiger partial charge in [0.15, 0.2) is 11.3 Å². The highest BCUT2D eigenvalue weighted by Gasteiger charge is 2.10. The molecule has 4 heterocycles. The van der Waals surface area contributed by atoms with E-state index in [1.807, 2.05) is 0 Å². The minimum absolute atomic E-state index is 0.0117. The fourth-order valence-electron chi connectivity index (χ4n) is 2.22. The zero-order valence-electron chi connectivity index (χ0n) is 11.8. The number of nitrogens with one attached hydrogen (secondary N) is 1. The van der Waals surface area contributed by atoms with Gasteiger partial charge in [-0.05, 0) is 6.07 Å². The van der Waals surface area contributed by atoms with Crippen molar-refractivity contribution in [1.29, 1.82) is 0 Å². The van der Waals surface area contributed by atoms with Crippen LogP contribution in [0.5, 0.6) is 0 Å². The summed E-state index contributed by atoms with van der Waals surface area (Å²) in [7, 11) is 0. The third-order valence-electron chi connectivity index (χ3n) is 3.25. The summed E-state index contributed by atoms with van der Waals surface area (Å²) in [6.07, 6.45) is 6.32. The van der Waals surface area contributed by atoms with Crippen LogP contribution in [0, 0.1) is 0 Å². The minimum atomic E-state index is -0.240. The molecule has 0 saturated heterocycles. The Morgan fingerprint density at radius 1 is 1.26 bits per heavy atom. The second kappa shape index (κ2) is 5.02. The van der Waals surface area contributed by atoms with Gasteiger partial charge in [-0.15, -0.1) is 0 Å². The van der Waals surface area contributed by atoms with Gasteiger partial charge in [0, 0.05) is 24.1 Å². The molecule has 0 aromatic carbocycles. The van der Waals surface area contributed by atoms with Crippen molar-refractivity contribution in [1.82, 2.24) is 34.3 Å². The van der Waals surface area contributed by atoms with Crippen LogP contribution in [0.15, 0.2) is 37.1 Å². The SMILES string of the molecule is Nc1ncc2cnn(CC(=O)Nc3ccn4ncnc4c3)c2n1. The molecular weight excluding hydrogens is 298 g/mol. The highest BCUT2D eigenvalue weighted by atomic mass is 16.2. The van der Waals surface area contributed by atoms with Gasteiger partial charge in [0.05, 0.1) is 11.6 Å². The van der Waals surface area contributed by atoms with Crippen molar-refractivity contribution in [2.75, 3.05) is 11.1 Å². The Kier molecular flexibility index (Phi) is 2.86. The molecule has 1 amide bonds. The molecule has 0 radical (unpaired) electrons. The molecule has 10 heteroatoms. The standard InChI is InChI=1S/C13H11N9O/c14-13-15-4-8-5-17-22(12(8)20-13)6-11(23)19-9-1-2-21-10(3-9)16-7-18-21/h1-5,7H,6H2,(H,19,23)(H2,14,15,20). The van der Waals surface area contributed by atoms with Gasteiger partial charge in [-0.2, -0.15) is 15.2 Å². The van der Waals surface area contributed by atoms with Crippen LogP contribution in [-0.2, 0) is 11.3 Å². The third kappa shape index (κ3) is 2.41. The lowest BCUT2D eigenvalue weighted by Gasteiger charge is -2.06. The van der Waals surface area contributed by atoms with E-state index in [0.29, 0.717) is 17.0 Å². The number of nitrogen functional groups attached to an aromatic ring is 1. The molecular formula is C13H11N9O. The minimum Gasteiger partial charge on any atom is -0.368 e. The average Bonchev–Trinajstić information content (AvgIpc) is 3.14. The maximum Gasteiger partial charge on any atom is 0.246 e. The molecule has 0 aliphatic rings. The first-order valence-corrected chi connectivity index (χ1v) is 6.72. The largest absolute Gasteiger partial charge is 0.368 e. The summed E-state index contributed by atoms with van der Waals surface area (Å²) in [4.78, 5) is 24.2. The van der Waals surface area contributed by atoms with E-state index in [2.05, 4.69) is 30.5 Å².